The van der Waals surface area contributed by atoms with Crippen LogP contribution >= 0.6 is 22.3 Å². The van der Waals surface area contributed by atoms with Gasteiger partial charge in [-0.2, -0.15) is 4.98 Å². The Morgan fingerprint density at radius 1 is 1.43 bits per heavy atom. The lowest BCUT2D eigenvalue weighted by molar-refractivity contribution is 0.601. The summed E-state index contributed by atoms with van der Waals surface area (Å²) in [5, 5.41) is 3.41. The molecule has 74 valence electrons. The third-order valence-corrected chi connectivity index (χ3v) is 2.58. The number of fused-ring (bicyclic) bond motifs is 1. The molecule has 0 radical (unpaired) electrons. The van der Waals surface area contributed by atoms with E-state index in [1.807, 2.05) is 0 Å². The summed E-state index contributed by atoms with van der Waals surface area (Å²) < 4.78 is 22.8. The van der Waals surface area contributed by atoms with Crippen LogP contribution in [0.3, 0.4) is 0 Å². The molecule has 0 aromatic carbocycles. The summed E-state index contributed by atoms with van der Waals surface area (Å²) in [6.07, 6.45) is 2.71. The monoisotopic (exact) mass is 252 g/mol. The van der Waals surface area contributed by atoms with E-state index in [0.717, 1.165) is 4.52 Å². The van der Waals surface area contributed by atoms with Crippen molar-refractivity contribution in [2.24, 2.45) is 0 Å². The average Bonchev–Trinajstić information content (AvgIpc) is 2.45. The Morgan fingerprint density at radius 2 is 2.14 bits per heavy atom. The van der Waals surface area contributed by atoms with Crippen LogP contribution in [-0.2, 0) is 9.05 Å². The first kappa shape index (κ1) is 9.63. The van der Waals surface area contributed by atoms with Crippen LogP contribution in [0.5, 0.6) is 0 Å². The zero-order valence-corrected chi connectivity index (χ0v) is 8.75. The van der Waals surface area contributed by atoms with Crippen molar-refractivity contribution >= 4 is 37.1 Å². The summed E-state index contributed by atoms with van der Waals surface area (Å²) in [5.41, 5.74) is 0. The molecule has 0 saturated carbocycles. The fourth-order valence-electron chi connectivity index (χ4n) is 0.843. The number of hydrogen-bond donors (Lipinski definition) is 0. The third kappa shape index (κ3) is 1.66. The van der Waals surface area contributed by atoms with Crippen LogP contribution in [0, 0.1) is 0 Å². The number of rotatable bonds is 1. The molecule has 0 aliphatic carbocycles. The van der Waals surface area contributed by atoms with Crippen LogP contribution < -0.4 is 0 Å². The summed E-state index contributed by atoms with van der Waals surface area (Å²) in [6.45, 7) is 0. The van der Waals surface area contributed by atoms with Crippen molar-refractivity contribution < 1.29 is 8.42 Å². The third-order valence-electron chi connectivity index (χ3n) is 1.36. The first-order valence-corrected chi connectivity index (χ1v) is 5.98. The van der Waals surface area contributed by atoms with Crippen LogP contribution in [0.25, 0.3) is 5.78 Å². The molecule has 0 N–H and O–H groups in total. The molecular weight excluding hydrogens is 251 g/mol. The van der Waals surface area contributed by atoms with Crippen molar-refractivity contribution in [1.29, 1.82) is 0 Å². The van der Waals surface area contributed by atoms with Crippen molar-refractivity contribution in [3.8, 4) is 0 Å². The number of aromatic nitrogens is 4. The molecule has 0 amide bonds. The van der Waals surface area contributed by atoms with E-state index in [1.165, 1.54) is 12.4 Å². The van der Waals surface area contributed by atoms with E-state index in [-0.39, 0.29) is 5.78 Å². The second-order valence-electron chi connectivity index (χ2n) is 2.35. The predicted molar refractivity (Wildman–Crippen MR) is 48.8 cm³/mol. The first-order chi connectivity index (χ1) is 6.47. The van der Waals surface area contributed by atoms with E-state index in [0.29, 0.717) is 5.02 Å². The van der Waals surface area contributed by atoms with Crippen LogP contribution in [-0.4, -0.2) is 28.0 Å². The Bertz CT molecular complexity index is 593. The smallest absolute Gasteiger partial charge is 0.218 e. The fourth-order valence-corrected chi connectivity index (χ4v) is 1.56. The van der Waals surface area contributed by atoms with Crippen LogP contribution in [0.2, 0.25) is 5.02 Å². The van der Waals surface area contributed by atoms with Gasteiger partial charge < -0.3 is 0 Å². The largest absolute Gasteiger partial charge is 0.298 e. The molecule has 0 bridgehead atoms. The van der Waals surface area contributed by atoms with E-state index in [2.05, 4.69) is 15.1 Å². The van der Waals surface area contributed by atoms with Crippen molar-refractivity contribution in [1.82, 2.24) is 19.6 Å². The van der Waals surface area contributed by atoms with Gasteiger partial charge in [0.1, 0.15) is 0 Å². The molecule has 0 saturated heterocycles. The summed E-state index contributed by atoms with van der Waals surface area (Å²) >= 11 is 5.61. The van der Waals surface area contributed by atoms with Gasteiger partial charge in [0.05, 0.1) is 17.4 Å². The van der Waals surface area contributed by atoms with Gasteiger partial charge in [-0.05, 0) is 0 Å². The maximum absolute atomic E-state index is 10.9. The molecule has 0 spiro atoms. The number of nitrogens with zero attached hydrogens (tertiary/aromatic N) is 4. The van der Waals surface area contributed by atoms with Gasteiger partial charge in [-0.1, -0.05) is 11.6 Å². The highest BCUT2D eigenvalue weighted by molar-refractivity contribution is 8.13. The summed E-state index contributed by atoms with van der Waals surface area (Å²) in [5.74, 6) is 0.119. The number of hydrogen-bond acceptors (Lipinski definition) is 5. The van der Waals surface area contributed by atoms with E-state index >= 15 is 0 Å². The molecule has 0 aliphatic rings. The van der Waals surface area contributed by atoms with Gasteiger partial charge >= 0.3 is 0 Å². The molecule has 2 heterocycles. The van der Waals surface area contributed by atoms with Crippen molar-refractivity contribution in [2.75, 3.05) is 0 Å². The summed E-state index contributed by atoms with van der Waals surface area (Å²) in [7, 11) is 1.11. The van der Waals surface area contributed by atoms with E-state index in [1.54, 1.807) is 0 Å². The molecule has 0 fully saturated rings. The fraction of sp³-hybridized carbons (Fsp3) is 0. The van der Waals surface area contributed by atoms with Crippen LogP contribution in [0.1, 0.15) is 0 Å². The lowest BCUT2D eigenvalue weighted by atomic mass is 10.7. The quantitative estimate of drug-likeness (QED) is 0.699. The lowest BCUT2D eigenvalue weighted by Gasteiger charge is -1.88. The molecule has 6 nitrogen and oxygen atoms in total. The Balaban J connectivity index is 2.75. The van der Waals surface area contributed by atoms with Gasteiger partial charge in [0.15, 0.2) is 0 Å². The Labute approximate surface area is 87.9 Å². The maximum Gasteiger partial charge on any atom is 0.298 e. The highest BCUT2D eigenvalue weighted by atomic mass is 35.7. The standard InChI is InChI=1S/C5H2Cl2N4O2S/c6-3-1-8-4-9-5(14(7,12)13)10-11(4)2-3/h1-2H. The normalized spacial score (nSPS) is 12.1. The van der Waals surface area contributed by atoms with Gasteiger partial charge in [-0.25, -0.2) is 17.9 Å². The topological polar surface area (TPSA) is 77.2 Å². The van der Waals surface area contributed by atoms with Gasteiger partial charge in [0, 0.05) is 10.7 Å². The lowest BCUT2D eigenvalue weighted by Crippen LogP contribution is -1.94. The van der Waals surface area contributed by atoms with Crippen molar-refractivity contribution in [3.63, 3.8) is 0 Å². The first-order valence-electron chi connectivity index (χ1n) is 3.29. The zero-order chi connectivity index (χ0) is 10.3. The van der Waals surface area contributed by atoms with Gasteiger partial charge in [0.2, 0.25) is 0 Å². The second kappa shape index (κ2) is 3.04. The van der Waals surface area contributed by atoms with Gasteiger partial charge in [-0.3, -0.25) is 0 Å². The minimum Gasteiger partial charge on any atom is -0.218 e. The predicted octanol–water partition coefficient (Wildman–Crippen LogP) is 0.705. The summed E-state index contributed by atoms with van der Waals surface area (Å²) in [4.78, 5) is 7.34. The second-order valence-corrected chi connectivity index (χ2v) is 5.25. The SMILES string of the molecule is O=S(=O)(Cl)c1nc2ncc(Cl)cn2n1. The molecule has 0 unspecified atom stereocenters. The van der Waals surface area contributed by atoms with Crippen molar-refractivity contribution in [2.45, 2.75) is 5.16 Å². The molecule has 2 aromatic heterocycles. The van der Waals surface area contributed by atoms with Gasteiger partial charge in [0.25, 0.3) is 20.0 Å². The highest BCUT2D eigenvalue weighted by Gasteiger charge is 2.17. The van der Waals surface area contributed by atoms with E-state index in [9.17, 15) is 8.42 Å². The molecule has 2 aromatic rings. The van der Waals surface area contributed by atoms with Crippen LogP contribution in [0.15, 0.2) is 17.6 Å². The zero-order valence-electron chi connectivity index (χ0n) is 6.42. The van der Waals surface area contributed by atoms with Crippen LogP contribution in [0.4, 0.5) is 0 Å². The molecule has 2 rings (SSSR count). The minimum atomic E-state index is -3.93. The minimum absolute atomic E-state index is 0.119. The highest BCUT2D eigenvalue weighted by Crippen LogP contribution is 2.12. The van der Waals surface area contributed by atoms with E-state index in [4.69, 9.17) is 22.3 Å². The van der Waals surface area contributed by atoms with E-state index < -0.39 is 14.2 Å². The average molecular weight is 253 g/mol. The Morgan fingerprint density at radius 3 is 2.79 bits per heavy atom. The molecule has 0 aliphatic heterocycles. The Kier molecular flexibility index (Phi) is 2.09. The molecule has 0 atom stereocenters. The number of halogens is 2. The Hall–Kier alpha value is -0.920. The molecular formula is C5H2Cl2N4O2S. The maximum atomic E-state index is 10.9. The van der Waals surface area contributed by atoms with Gasteiger partial charge in [-0.15, -0.1) is 5.10 Å². The van der Waals surface area contributed by atoms with Crippen molar-refractivity contribution in [3.05, 3.63) is 17.4 Å². The molecule has 9 heteroatoms. The summed E-state index contributed by atoms with van der Waals surface area (Å²) in [6, 6.07) is 0. The molecule has 14 heavy (non-hydrogen) atoms.